The van der Waals surface area contributed by atoms with E-state index in [2.05, 4.69) is 4.72 Å². The molecule has 0 bridgehead atoms. The maximum absolute atomic E-state index is 11.8. The van der Waals surface area contributed by atoms with E-state index in [1.807, 2.05) is 0 Å². The zero-order chi connectivity index (χ0) is 12.7. The Labute approximate surface area is 102 Å². The van der Waals surface area contributed by atoms with Crippen LogP contribution in [0, 0.1) is 0 Å². The average molecular weight is 264 g/mol. The van der Waals surface area contributed by atoms with Crippen molar-refractivity contribution in [3.05, 3.63) is 0 Å². The fourth-order valence-electron chi connectivity index (χ4n) is 1.71. The van der Waals surface area contributed by atoms with Gasteiger partial charge >= 0.3 is 5.97 Å². The summed E-state index contributed by atoms with van der Waals surface area (Å²) in [5, 5.41) is 0. The highest BCUT2D eigenvalue weighted by atomic mass is 32.2. The Morgan fingerprint density at radius 3 is 2.53 bits per heavy atom. The van der Waals surface area contributed by atoms with Crippen LogP contribution in [0.25, 0.3) is 0 Å². The fourth-order valence-corrected chi connectivity index (χ4v) is 2.99. The molecule has 1 aliphatic rings. The molecule has 0 unspecified atom stereocenters. The highest BCUT2D eigenvalue weighted by Gasteiger charge is 2.23. The number of rotatable bonds is 6. The molecule has 6 nitrogen and oxygen atoms in total. The Morgan fingerprint density at radius 2 is 1.94 bits per heavy atom. The second-order valence-corrected chi connectivity index (χ2v) is 5.67. The lowest BCUT2D eigenvalue weighted by molar-refractivity contribution is -0.142. The topological polar surface area (TPSA) is 75.7 Å². The number of hydrogen-bond donors (Lipinski definition) is 1. The van der Waals surface area contributed by atoms with Crippen molar-refractivity contribution >= 4 is 16.2 Å². The number of nitrogens with zero attached hydrogens (tertiary/aromatic N) is 1. The van der Waals surface area contributed by atoms with Gasteiger partial charge in [-0.1, -0.05) is 6.42 Å². The van der Waals surface area contributed by atoms with Crippen LogP contribution in [0.1, 0.15) is 32.6 Å². The maximum Gasteiger partial charge on any atom is 0.307 e. The third-order valence-electron chi connectivity index (χ3n) is 2.57. The van der Waals surface area contributed by atoms with Crippen molar-refractivity contribution in [1.29, 1.82) is 0 Å². The van der Waals surface area contributed by atoms with Gasteiger partial charge in [0.1, 0.15) is 0 Å². The van der Waals surface area contributed by atoms with Gasteiger partial charge in [-0.2, -0.15) is 12.7 Å². The second-order valence-electron chi connectivity index (χ2n) is 3.91. The molecule has 1 aliphatic heterocycles. The predicted octanol–water partition coefficient (Wildman–Crippen LogP) is 0.260. The molecular formula is C10H20N2O4S. The highest BCUT2D eigenvalue weighted by molar-refractivity contribution is 7.87. The molecular weight excluding hydrogens is 244 g/mol. The summed E-state index contributed by atoms with van der Waals surface area (Å²) in [5.41, 5.74) is 0. The standard InChI is InChI=1S/C10H20N2O4S/c1-2-16-10(13)6-7-11-17(14,15)12-8-4-3-5-9-12/h11H,2-9H2,1H3. The Balaban J connectivity index is 2.31. The number of carbonyl (C=O) groups excluding carboxylic acids is 1. The molecule has 0 aromatic heterocycles. The van der Waals surface area contributed by atoms with Gasteiger partial charge in [-0.15, -0.1) is 0 Å². The molecule has 17 heavy (non-hydrogen) atoms. The highest BCUT2D eigenvalue weighted by Crippen LogP contribution is 2.11. The molecule has 0 radical (unpaired) electrons. The first-order valence-electron chi connectivity index (χ1n) is 5.96. The second kappa shape index (κ2) is 6.93. The lowest BCUT2D eigenvalue weighted by Gasteiger charge is -2.25. The van der Waals surface area contributed by atoms with Gasteiger partial charge in [0.05, 0.1) is 13.0 Å². The lowest BCUT2D eigenvalue weighted by atomic mass is 10.2. The van der Waals surface area contributed by atoms with Gasteiger partial charge in [0, 0.05) is 19.6 Å². The first-order valence-corrected chi connectivity index (χ1v) is 7.40. The minimum Gasteiger partial charge on any atom is -0.466 e. The zero-order valence-corrected chi connectivity index (χ0v) is 11.0. The van der Waals surface area contributed by atoms with Crippen LogP contribution in [-0.2, 0) is 19.7 Å². The van der Waals surface area contributed by atoms with Crippen molar-refractivity contribution in [1.82, 2.24) is 9.03 Å². The van der Waals surface area contributed by atoms with E-state index in [4.69, 9.17) is 4.74 Å². The number of carbonyl (C=O) groups is 1. The van der Waals surface area contributed by atoms with Crippen LogP contribution in [0.2, 0.25) is 0 Å². The lowest BCUT2D eigenvalue weighted by Crippen LogP contribution is -2.44. The van der Waals surface area contributed by atoms with Gasteiger partial charge < -0.3 is 4.74 Å². The third kappa shape index (κ3) is 5.01. The summed E-state index contributed by atoms with van der Waals surface area (Å²) in [6.07, 6.45) is 2.95. The van der Waals surface area contributed by atoms with Crippen LogP contribution >= 0.6 is 0 Å². The summed E-state index contributed by atoms with van der Waals surface area (Å²) in [6.45, 7) is 3.26. The van der Waals surface area contributed by atoms with Gasteiger partial charge in [-0.3, -0.25) is 4.79 Å². The fraction of sp³-hybridized carbons (Fsp3) is 0.900. The molecule has 0 aromatic carbocycles. The van der Waals surface area contributed by atoms with Crippen LogP contribution in [0.5, 0.6) is 0 Å². The summed E-state index contributed by atoms with van der Waals surface area (Å²) in [5.74, 6) is -0.381. The number of hydrogen-bond acceptors (Lipinski definition) is 4. The zero-order valence-electron chi connectivity index (χ0n) is 10.1. The van der Waals surface area contributed by atoms with E-state index in [1.54, 1.807) is 6.92 Å². The van der Waals surface area contributed by atoms with Crippen molar-refractivity contribution in [3.8, 4) is 0 Å². The normalized spacial score (nSPS) is 17.9. The van der Waals surface area contributed by atoms with E-state index in [0.717, 1.165) is 19.3 Å². The Hall–Kier alpha value is -0.660. The Morgan fingerprint density at radius 1 is 1.29 bits per heavy atom. The smallest absolute Gasteiger partial charge is 0.307 e. The predicted molar refractivity (Wildman–Crippen MR) is 63.6 cm³/mol. The number of piperidine rings is 1. The van der Waals surface area contributed by atoms with Crippen molar-refractivity contribution in [2.24, 2.45) is 0 Å². The molecule has 100 valence electrons. The summed E-state index contributed by atoms with van der Waals surface area (Å²) < 4.78 is 32.1. The van der Waals surface area contributed by atoms with E-state index in [9.17, 15) is 13.2 Å². The molecule has 1 heterocycles. The van der Waals surface area contributed by atoms with E-state index < -0.39 is 10.2 Å². The summed E-state index contributed by atoms with van der Waals surface area (Å²) in [6, 6.07) is 0. The van der Waals surface area contributed by atoms with Crippen molar-refractivity contribution in [2.75, 3.05) is 26.2 Å². The molecule has 0 spiro atoms. The largest absolute Gasteiger partial charge is 0.466 e. The van der Waals surface area contributed by atoms with Gasteiger partial charge in [0.25, 0.3) is 10.2 Å². The molecule has 1 rings (SSSR count). The summed E-state index contributed by atoms with van der Waals surface area (Å²) in [4.78, 5) is 11.0. The van der Waals surface area contributed by atoms with E-state index >= 15 is 0 Å². The minimum atomic E-state index is -3.42. The number of nitrogens with one attached hydrogen (secondary N) is 1. The molecule has 1 fully saturated rings. The van der Waals surface area contributed by atoms with Crippen molar-refractivity contribution in [3.63, 3.8) is 0 Å². The molecule has 0 atom stereocenters. The molecule has 1 N–H and O–H groups in total. The van der Waals surface area contributed by atoms with E-state index in [1.165, 1.54) is 4.31 Å². The monoisotopic (exact) mass is 264 g/mol. The first-order chi connectivity index (χ1) is 8.06. The number of ether oxygens (including phenoxy) is 1. The summed E-state index contributed by atoms with van der Waals surface area (Å²) in [7, 11) is -3.42. The van der Waals surface area contributed by atoms with E-state index in [0.29, 0.717) is 19.7 Å². The SMILES string of the molecule is CCOC(=O)CCNS(=O)(=O)N1CCCCC1. The van der Waals surface area contributed by atoms with Crippen LogP contribution in [0.15, 0.2) is 0 Å². The first kappa shape index (κ1) is 14.4. The number of esters is 1. The molecule has 0 amide bonds. The van der Waals surface area contributed by atoms with Crippen LogP contribution in [-0.4, -0.2) is 44.9 Å². The molecule has 0 aliphatic carbocycles. The van der Waals surface area contributed by atoms with Crippen molar-refractivity contribution in [2.45, 2.75) is 32.6 Å². The molecule has 0 saturated carbocycles. The minimum absolute atomic E-state index is 0.0703. The maximum atomic E-state index is 11.8. The molecule has 7 heteroatoms. The quantitative estimate of drug-likeness (QED) is 0.698. The van der Waals surface area contributed by atoms with E-state index in [-0.39, 0.29) is 18.9 Å². The Bertz CT molecular complexity index is 336. The molecule has 0 aromatic rings. The summed E-state index contributed by atoms with van der Waals surface area (Å²) >= 11 is 0. The van der Waals surface area contributed by atoms with Crippen LogP contribution in [0.3, 0.4) is 0 Å². The third-order valence-corrected chi connectivity index (χ3v) is 4.19. The van der Waals surface area contributed by atoms with Gasteiger partial charge in [-0.05, 0) is 19.8 Å². The van der Waals surface area contributed by atoms with Crippen molar-refractivity contribution < 1.29 is 17.9 Å². The van der Waals surface area contributed by atoms with Gasteiger partial charge in [0.15, 0.2) is 0 Å². The van der Waals surface area contributed by atoms with Crippen LogP contribution in [0.4, 0.5) is 0 Å². The average Bonchev–Trinajstić information content (AvgIpc) is 2.30. The van der Waals surface area contributed by atoms with Gasteiger partial charge in [-0.25, -0.2) is 4.72 Å². The molecule has 1 saturated heterocycles. The van der Waals surface area contributed by atoms with Crippen LogP contribution < -0.4 is 4.72 Å². The van der Waals surface area contributed by atoms with Gasteiger partial charge in [0.2, 0.25) is 0 Å². The Kier molecular flexibility index (Phi) is 5.87.